The van der Waals surface area contributed by atoms with Crippen LogP contribution in [0.5, 0.6) is 0 Å². The maximum absolute atomic E-state index is 11.7. The van der Waals surface area contributed by atoms with Gasteiger partial charge in [-0.1, -0.05) is 53.4 Å². The van der Waals surface area contributed by atoms with Gasteiger partial charge in [-0.3, -0.25) is 0 Å². The van der Waals surface area contributed by atoms with Crippen LogP contribution in [0.1, 0.15) is 66.2 Å². The Hall–Kier alpha value is 0.230. The van der Waals surface area contributed by atoms with Crippen molar-refractivity contribution in [2.45, 2.75) is 71.9 Å². The highest BCUT2D eigenvalue weighted by Crippen LogP contribution is 2.31. The van der Waals surface area contributed by atoms with Crippen LogP contribution >= 0.6 is 7.80 Å². The van der Waals surface area contributed by atoms with E-state index in [0.29, 0.717) is 5.66 Å². The van der Waals surface area contributed by atoms with Crippen LogP contribution in [-0.2, 0) is 4.57 Å². The second kappa shape index (κ2) is 9.46. The SMILES string of the molecule is CCC(C)[PH](=O)CCCCCCC(C)C. The molecule has 0 N–H and O–H groups in total. The van der Waals surface area contributed by atoms with E-state index in [1.165, 1.54) is 32.1 Å². The molecule has 0 bridgehead atoms. The van der Waals surface area contributed by atoms with Crippen molar-refractivity contribution in [1.29, 1.82) is 0 Å². The standard InChI is InChI=1S/C13H29OP/c1-5-13(4)15(14)11-9-7-6-8-10-12(2)3/h12-13,15H,5-11H2,1-4H3. The van der Waals surface area contributed by atoms with Crippen molar-refractivity contribution < 1.29 is 4.57 Å². The second-order valence-electron chi connectivity index (χ2n) is 5.12. The monoisotopic (exact) mass is 232 g/mol. The molecule has 0 aromatic rings. The van der Waals surface area contributed by atoms with Crippen LogP contribution < -0.4 is 0 Å². The zero-order valence-electron chi connectivity index (χ0n) is 11.0. The van der Waals surface area contributed by atoms with Gasteiger partial charge in [-0.05, 0) is 24.9 Å². The first kappa shape index (κ1) is 15.2. The molecule has 0 aliphatic rings. The lowest BCUT2D eigenvalue weighted by Crippen LogP contribution is -1.95. The van der Waals surface area contributed by atoms with Gasteiger partial charge in [0.25, 0.3) is 0 Å². The minimum Gasteiger partial charge on any atom is -0.327 e. The molecule has 0 aliphatic carbocycles. The molecule has 0 radical (unpaired) electrons. The summed E-state index contributed by atoms with van der Waals surface area (Å²) in [5.41, 5.74) is 0.464. The summed E-state index contributed by atoms with van der Waals surface area (Å²) in [6, 6.07) is 0. The van der Waals surface area contributed by atoms with Gasteiger partial charge in [0.2, 0.25) is 0 Å². The molecular formula is C13H29OP. The predicted molar refractivity (Wildman–Crippen MR) is 71.5 cm³/mol. The van der Waals surface area contributed by atoms with Crippen LogP contribution in [0.25, 0.3) is 0 Å². The van der Waals surface area contributed by atoms with Crippen molar-refractivity contribution in [3.05, 3.63) is 0 Å². The van der Waals surface area contributed by atoms with Gasteiger partial charge in [0.05, 0.1) is 7.80 Å². The van der Waals surface area contributed by atoms with Crippen LogP contribution in [0, 0.1) is 5.92 Å². The predicted octanol–water partition coefficient (Wildman–Crippen LogP) is 4.95. The van der Waals surface area contributed by atoms with E-state index in [-0.39, 0.29) is 0 Å². The van der Waals surface area contributed by atoms with Crippen molar-refractivity contribution in [2.75, 3.05) is 6.16 Å². The highest BCUT2D eigenvalue weighted by molar-refractivity contribution is 7.45. The van der Waals surface area contributed by atoms with E-state index in [1.807, 2.05) is 0 Å². The van der Waals surface area contributed by atoms with E-state index in [2.05, 4.69) is 27.7 Å². The summed E-state index contributed by atoms with van der Waals surface area (Å²) >= 11 is 0. The quantitative estimate of drug-likeness (QED) is 0.406. The first-order valence-electron chi connectivity index (χ1n) is 6.60. The highest BCUT2D eigenvalue weighted by atomic mass is 31.1. The Balaban J connectivity index is 3.27. The van der Waals surface area contributed by atoms with Crippen molar-refractivity contribution in [3.63, 3.8) is 0 Å². The van der Waals surface area contributed by atoms with E-state index in [9.17, 15) is 4.57 Å². The summed E-state index contributed by atoms with van der Waals surface area (Å²) in [5, 5.41) is 0. The van der Waals surface area contributed by atoms with Gasteiger partial charge < -0.3 is 4.57 Å². The van der Waals surface area contributed by atoms with Gasteiger partial charge in [0.1, 0.15) is 0 Å². The summed E-state index contributed by atoms with van der Waals surface area (Å²) in [6.07, 6.45) is 8.54. The van der Waals surface area contributed by atoms with E-state index < -0.39 is 7.80 Å². The van der Waals surface area contributed by atoms with Gasteiger partial charge in [-0.15, -0.1) is 0 Å². The van der Waals surface area contributed by atoms with Gasteiger partial charge in [0.15, 0.2) is 0 Å². The van der Waals surface area contributed by atoms with Gasteiger partial charge in [0, 0.05) is 5.66 Å². The molecule has 0 spiro atoms. The molecule has 0 saturated carbocycles. The number of hydrogen-bond donors (Lipinski definition) is 0. The lowest BCUT2D eigenvalue weighted by Gasteiger charge is -2.08. The average Bonchev–Trinajstić information content (AvgIpc) is 2.21. The fraction of sp³-hybridized carbons (Fsp3) is 1.00. The Labute approximate surface area is 96.8 Å². The van der Waals surface area contributed by atoms with Crippen molar-refractivity contribution >= 4 is 7.80 Å². The third kappa shape index (κ3) is 9.18. The maximum Gasteiger partial charge on any atom is 0.0788 e. The summed E-state index contributed by atoms with van der Waals surface area (Å²) < 4.78 is 11.7. The van der Waals surface area contributed by atoms with Crippen LogP contribution in [0.3, 0.4) is 0 Å². The fourth-order valence-corrected chi connectivity index (χ4v) is 3.23. The highest BCUT2D eigenvalue weighted by Gasteiger charge is 2.07. The van der Waals surface area contributed by atoms with E-state index in [4.69, 9.17) is 0 Å². The van der Waals surface area contributed by atoms with Crippen LogP contribution in [0.15, 0.2) is 0 Å². The van der Waals surface area contributed by atoms with E-state index in [1.54, 1.807) is 0 Å². The lowest BCUT2D eigenvalue weighted by atomic mass is 10.0. The molecule has 0 aliphatic heterocycles. The zero-order valence-corrected chi connectivity index (χ0v) is 12.0. The number of rotatable bonds is 9. The Kier molecular flexibility index (Phi) is 9.60. The average molecular weight is 232 g/mol. The molecule has 1 nitrogen and oxygen atoms in total. The molecule has 0 aromatic heterocycles. The third-order valence-electron chi connectivity index (χ3n) is 3.12. The van der Waals surface area contributed by atoms with Gasteiger partial charge in [-0.2, -0.15) is 0 Å². The Morgan fingerprint density at radius 3 is 2.13 bits per heavy atom. The van der Waals surface area contributed by atoms with Crippen LogP contribution in [0.2, 0.25) is 0 Å². The molecule has 2 atom stereocenters. The van der Waals surface area contributed by atoms with Crippen LogP contribution in [0.4, 0.5) is 0 Å². The molecule has 2 heteroatoms. The normalized spacial score (nSPS) is 15.5. The van der Waals surface area contributed by atoms with Crippen molar-refractivity contribution in [3.8, 4) is 0 Å². The topological polar surface area (TPSA) is 17.1 Å². The molecular weight excluding hydrogens is 203 g/mol. The molecule has 0 saturated heterocycles. The molecule has 0 rings (SSSR count). The molecule has 2 unspecified atom stereocenters. The Bertz CT molecular complexity index is 166. The van der Waals surface area contributed by atoms with Gasteiger partial charge in [-0.25, -0.2) is 0 Å². The Morgan fingerprint density at radius 1 is 1.00 bits per heavy atom. The summed E-state index contributed by atoms with van der Waals surface area (Å²) in [4.78, 5) is 0. The van der Waals surface area contributed by atoms with E-state index in [0.717, 1.165) is 18.5 Å². The summed E-state index contributed by atoms with van der Waals surface area (Å²) in [5.74, 6) is 0.837. The second-order valence-corrected chi connectivity index (χ2v) is 7.54. The van der Waals surface area contributed by atoms with E-state index >= 15 is 0 Å². The van der Waals surface area contributed by atoms with Gasteiger partial charge >= 0.3 is 0 Å². The molecule has 92 valence electrons. The minimum absolute atomic E-state index is 0.464. The first-order chi connectivity index (χ1) is 7.07. The molecule has 0 amide bonds. The zero-order chi connectivity index (χ0) is 11.7. The number of unbranched alkanes of at least 4 members (excludes halogenated alkanes) is 3. The van der Waals surface area contributed by atoms with Crippen LogP contribution in [-0.4, -0.2) is 11.8 Å². The third-order valence-corrected chi connectivity index (χ3v) is 5.47. The first-order valence-corrected chi connectivity index (χ1v) is 8.29. The number of hydrogen-bond acceptors (Lipinski definition) is 1. The van der Waals surface area contributed by atoms with Crippen molar-refractivity contribution in [1.82, 2.24) is 0 Å². The fourth-order valence-electron chi connectivity index (χ4n) is 1.68. The molecule has 15 heavy (non-hydrogen) atoms. The summed E-state index contributed by atoms with van der Waals surface area (Å²) in [7, 11) is -1.27. The Morgan fingerprint density at radius 2 is 1.60 bits per heavy atom. The molecule has 0 aromatic carbocycles. The smallest absolute Gasteiger partial charge is 0.0788 e. The van der Waals surface area contributed by atoms with Crippen molar-refractivity contribution in [2.24, 2.45) is 5.92 Å². The molecule has 0 heterocycles. The lowest BCUT2D eigenvalue weighted by molar-refractivity contribution is 0.523. The summed E-state index contributed by atoms with van der Waals surface area (Å²) in [6.45, 7) is 8.82. The largest absolute Gasteiger partial charge is 0.327 e. The molecule has 0 fully saturated rings. The maximum atomic E-state index is 11.7. The minimum atomic E-state index is -1.27.